The highest BCUT2D eigenvalue weighted by atomic mass is 19.4. The number of aromatic nitrogens is 3. The highest BCUT2D eigenvalue weighted by Gasteiger charge is 2.34. The largest absolute Gasteiger partial charge is 0.433 e. The lowest BCUT2D eigenvalue weighted by Crippen LogP contribution is -2.12. The van der Waals surface area contributed by atoms with Gasteiger partial charge in [0, 0.05) is 12.1 Å². The Bertz CT molecular complexity index is 1000. The Balaban J connectivity index is 2.22. The summed E-state index contributed by atoms with van der Waals surface area (Å²) in [6.45, 7) is 3.81. The van der Waals surface area contributed by atoms with Gasteiger partial charge in [-0.1, -0.05) is 13.0 Å². The van der Waals surface area contributed by atoms with Crippen molar-refractivity contribution < 1.29 is 26.3 Å². The number of alkyl halides is 6. The van der Waals surface area contributed by atoms with Crippen LogP contribution in [0.25, 0.3) is 16.9 Å². The van der Waals surface area contributed by atoms with Crippen LogP contribution in [-0.4, -0.2) is 20.7 Å². The van der Waals surface area contributed by atoms with Gasteiger partial charge < -0.3 is 0 Å². The molecule has 0 aliphatic heterocycles. The molecule has 3 aromatic rings. The zero-order chi connectivity index (χ0) is 20.7. The van der Waals surface area contributed by atoms with E-state index < -0.39 is 30.9 Å². The minimum Gasteiger partial charge on any atom is -0.281 e. The Hall–Kier alpha value is -2.58. The lowest BCUT2D eigenvalue weighted by Gasteiger charge is -2.13. The molecule has 0 atom stereocenters. The average molecular weight is 401 g/mol. The van der Waals surface area contributed by atoms with E-state index in [1.807, 2.05) is 13.8 Å². The van der Waals surface area contributed by atoms with E-state index in [9.17, 15) is 26.3 Å². The molecule has 0 saturated heterocycles. The number of halogens is 6. The zero-order valence-electron chi connectivity index (χ0n) is 15.1. The van der Waals surface area contributed by atoms with Crippen LogP contribution in [0.5, 0.6) is 0 Å². The minimum atomic E-state index is -4.67. The molecule has 0 fully saturated rings. The van der Waals surface area contributed by atoms with Crippen molar-refractivity contribution in [1.82, 2.24) is 14.5 Å². The Labute approximate surface area is 157 Å². The van der Waals surface area contributed by atoms with Crippen molar-refractivity contribution in [3.05, 3.63) is 53.0 Å². The molecule has 2 heterocycles. The van der Waals surface area contributed by atoms with Crippen LogP contribution in [0, 0.1) is 6.92 Å². The van der Waals surface area contributed by atoms with E-state index in [4.69, 9.17) is 0 Å². The summed E-state index contributed by atoms with van der Waals surface area (Å²) < 4.78 is 78.7. The normalized spacial score (nSPS) is 12.7. The fourth-order valence-electron chi connectivity index (χ4n) is 3.03. The molecule has 0 aliphatic carbocycles. The second-order valence-electron chi connectivity index (χ2n) is 6.48. The second-order valence-corrected chi connectivity index (χ2v) is 6.48. The smallest absolute Gasteiger partial charge is 0.281 e. The van der Waals surface area contributed by atoms with Gasteiger partial charge in [0.05, 0.1) is 6.42 Å². The predicted octanol–water partition coefficient (Wildman–Crippen LogP) is 5.81. The molecular formula is C19H17F6N3. The van der Waals surface area contributed by atoms with Crippen molar-refractivity contribution in [2.24, 2.45) is 0 Å². The topological polar surface area (TPSA) is 30.7 Å². The Morgan fingerprint density at radius 1 is 0.964 bits per heavy atom. The first-order valence-electron chi connectivity index (χ1n) is 8.62. The maximum Gasteiger partial charge on any atom is 0.433 e. The summed E-state index contributed by atoms with van der Waals surface area (Å²) in [6, 6.07) is 7.08. The van der Waals surface area contributed by atoms with E-state index in [0.717, 1.165) is 23.3 Å². The molecule has 0 amide bonds. The van der Waals surface area contributed by atoms with E-state index in [1.54, 1.807) is 18.2 Å². The van der Waals surface area contributed by atoms with Crippen LogP contribution in [0.3, 0.4) is 0 Å². The fraction of sp³-hybridized carbons (Fsp3) is 0.368. The molecule has 3 nitrogen and oxygen atoms in total. The third-order valence-electron chi connectivity index (χ3n) is 4.47. The molecule has 3 rings (SSSR count). The van der Waals surface area contributed by atoms with E-state index in [0.29, 0.717) is 12.1 Å². The lowest BCUT2D eigenvalue weighted by molar-refractivity contribution is -0.141. The molecular weight excluding hydrogens is 384 g/mol. The molecule has 0 bridgehead atoms. The number of imidazole rings is 1. The number of rotatable bonds is 4. The predicted molar refractivity (Wildman–Crippen MR) is 92.4 cm³/mol. The summed E-state index contributed by atoms with van der Waals surface area (Å²) in [6.07, 6.45) is -10.00. The molecule has 0 spiro atoms. The Kier molecular flexibility index (Phi) is 5.12. The van der Waals surface area contributed by atoms with Crippen molar-refractivity contribution in [2.75, 3.05) is 0 Å². The first-order valence-corrected chi connectivity index (χ1v) is 8.62. The van der Waals surface area contributed by atoms with Gasteiger partial charge in [-0.2, -0.15) is 26.3 Å². The van der Waals surface area contributed by atoms with Crippen LogP contribution in [0.1, 0.15) is 36.0 Å². The number of aryl methyl sites for hydroxylation is 3. The van der Waals surface area contributed by atoms with E-state index in [1.165, 1.54) is 4.57 Å². The Morgan fingerprint density at radius 3 is 2.29 bits per heavy atom. The average Bonchev–Trinajstić information content (AvgIpc) is 2.97. The summed E-state index contributed by atoms with van der Waals surface area (Å²) in [7, 11) is 0. The number of hydrogen-bond acceptors (Lipinski definition) is 2. The van der Waals surface area contributed by atoms with Gasteiger partial charge in [0.2, 0.25) is 0 Å². The van der Waals surface area contributed by atoms with E-state index in [2.05, 4.69) is 9.97 Å². The van der Waals surface area contributed by atoms with Crippen molar-refractivity contribution in [3.8, 4) is 5.69 Å². The number of nitrogens with zero attached hydrogens (tertiary/aromatic N) is 3. The molecule has 0 unspecified atom stereocenters. The zero-order valence-corrected chi connectivity index (χ0v) is 15.1. The third kappa shape index (κ3) is 4.13. The number of benzene rings is 1. The van der Waals surface area contributed by atoms with Crippen LogP contribution >= 0.6 is 0 Å². The highest BCUT2D eigenvalue weighted by Crippen LogP contribution is 2.31. The number of fused-ring (bicyclic) bond motifs is 1. The van der Waals surface area contributed by atoms with E-state index >= 15 is 0 Å². The quantitative estimate of drug-likeness (QED) is 0.517. The van der Waals surface area contributed by atoms with Crippen LogP contribution in [0.4, 0.5) is 26.3 Å². The van der Waals surface area contributed by atoms with Crippen LogP contribution in [0.2, 0.25) is 0 Å². The first kappa shape index (κ1) is 20.2. The maximum absolute atomic E-state index is 13.1. The van der Waals surface area contributed by atoms with Gasteiger partial charge in [0.1, 0.15) is 17.0 Å². The molecule has 1 aromatic carbocycles. The van der Waals surface area contributed by atoms with Crippen molar-refractivity contribution in [2.45, 2.75) is 45.5 Å². The molecule has 0 saturated carbocycles. The van der Waals surface area contributed by atoms with Crippen LogP contribution in [-0.2, 0) is 19.0 Å². The first-order chi connectivity index (χ1) is 13.0. The molecule has 0 radical (unpaired) electrons. The maximum atomic E-state index is 13.1. The van der Waals surface area contributed by atoms with Crippen LogP contribution < -0.4 is 0 Å². The summed E-state index contributed by atoms with van der Waals surface area (Å²) in [5.74, 6) is 0.0186. The SMILES string of the molecule is CCc1cc(-n2c(CCC(F)(F)F)nc3ccc(C(F)(F)F)nc32)ccc1C. The van der Waals surface area contributed by atoms with Crippen LogP contribution in [0.15, 0.2) is 30.3 Å². The van der Waals surface area contributed by atoms with Gasteiger partial charge in [0.25, 0.3) is 0 Å². The molecule has 28 heavy (non-hydrogen) atoms. The van der Waals surface area contributed by atoms with Crippen molar-refractivity contribution in [1.29, 1.82) is 0 Å². The van der Waals surface area contributed by atoms with E-state index in [-0.39, 0.29) is 17.0 Å². The standard InChI is InChI=1S/C19H17F6N3/c1-3-12-10-13(5-4-11(12)2)28-16(8-9-18(20,21)22)26-14-6-7-15(19(23,24)25)27-17(14)28/h4-7,10H,3,8-9H2,1-2H3. The monoisotopic (exact) mass is 401 g/mol. The summed E-state index contributed by atoms with van der Waals surface area (Å²) in [5.41, 5.74) is 1.24. The molecule has 2 aromatic heterocycles. The third-order valence-corrected chi connectivity index (χ3v) is 4.47. The van der Waals surface area contributed by atoms with Gasteiger partial charge in [-0.05, 0) is 48.7 Å². The minimum absolute atomic E-state index is 0.0186. The van der Waals surface area contributed by atoms with Crippen molar-refractivity contribution in [3.63, 3.8) is 0 Å². The highest BCUT2D eigenvalue weighted by molar-refractivity contribution is 5.74. The van der Waals surface area contributed by atoms with Crippen molar-refractivity contribution >= 4 is 11.2 Å². The lowest BCUT2D eigenvalue weighted by atomic mass is 10.1. The Morgan fingerprint density at radius 2 is 1.68 bits per heavy atom. The molecule has 0 aliphatic rings. The molecule has 9 heteroatoms. The summed E-state index contributed by atoms with van der Waals surface area (Å²) >= 11 is 0. The number of hydrogen-bond donors (Lipinski definition) is 0. The summed E-state index contributed by atoms with van der Waals surface area (Å²) in [5, 5.41) is 0. The van der Waals surface area contributed by atoms with Gasteiger partial charge in [-0.3, -0.25) is 4.57 Å². The molecule has 0 N–H and O–H groups in total. The van der Waals surface area contributed by atoms with Gasteiger partial charge >= 0.3 is 12.4 Å². The van der Waals surface area contributed by atoms with Gasteiger partial charge in [-0.15, -0.1) is 0 Å². The number of pyridine rings is 1. The van der Waals surface area contributed by atoms with Gasteiger partial charge in [0.15, 0.2) is 5.65 Å². The van der Waals surface area contributed by atoms with Gasteiger partial charge in [-0.25, -0.2) is 9.97 Å². The molecule has 150 valence electrons. The summed E-state index contributed by atoms with van der Waals surface area (Å²) in [4.78, 5) is 7.79. The second kappa shape index (κ2) is 7.10. The fourth-order valence-corrected chi connectivity index (χ4v) is 3.03.